The molecule has 1 amide bonds. The molecule has 0 aromatic carbocycles. The molecule has 2 aromatic heterocycles. The fraction of sp³-hybridized carbons (Fsp3) is 0.412. The SMILES string of the molecule is Cn1cc(S(=O)(=O)NC2(C(F)(F)F)CCOCC2)c(-c2ccnc(Cl)c2)c1C(N)=O. The van der Waals surface area contributed by atoms with Crippen LogP contribution >= 0.6 is 11.6 Å². The molecular formula is C17H18ClF3N4O4S. The average Bonchev–Trinajstić information content (AvgIpc) is 3.00. The highest BCUT2D eigenvalue weighted by Gasteiger charge is 2.57. The lowest BCUT2D eigenvalue weighted by Crippen LogP contribution is -2.61. The Bertz CT molecular complexity index is 1080. The van der Waals surface area contributed by atoms with Crippen LogP contribution < -0.4 is 10.5 Å². The smallest absolute Gasteiger partial charge is 0.381 e. The van der Waals surface area contributed by atoms with Crippen LogP contribution in [0.3, 0.4) is 0 Å². The number of carbonyl (C=O) groups is 1. The van der Waals surface area contributed by atoms with Gasteiger partial charge < -0.3 is 15.0 Å². The molecule has 30 heavy (non-hydrogen) atoms. The van der Waals surface area contributed by atoms with Crippen LogP contribution in [-0.2, 0) is 21.8 Å². The predicted octanol–water partition coefficient (Wildman–Crippen LogP) is 2.23. The van der Waals surface area contributed by atoms with E-state index in [0.29, 0.717) is 0 Å². The molecule has 1 aliphatic rings. The number of primary amides is 1. The summed E-state index contributed by atoms with van der Waals surface area (Å²) in [7, 11) is -3.39. The van der Waals surface area contributed by atoms with E-state index >= 15 is 0 Å². The van der Waals surface area contributed by atoms with Gasteiger partial charge in [-0.05, 0) is 30.5 Å². The van der Waals surface area contributed by atoms with Crippen LogP contribution in [0.25, 0.3) is 11.1 Å². The molecule has 1 fully saturated rings. The first-order valence-corrected chi connectivity index (χ1v) is 10.5. The first-order valence-electron chi connectivity index (χ1n) is 8.67. The normalized spacial score (nSPS) is 17.1. The number of hydrogen-bond donors (Lipinski definition) is 2. The van der Waals surface area contributed by atoms with Gasteiger partial charge in [-0.25, -0.2) is 13.4 Å². The van der Waals surface area contributed by atoms with Crippen molar-refractivity contribution in [3.8, 4) is 11.1 Å². The summed E-state index contributed by atoms with van der Waals surface area (Å²) in [5, 5.41) is -0.000674. The number of nitrogens with two attached hydrogens (primary N) is 1. The first kappa shape index (κ1) is 22.5. The third-order valence-corrected chi connectivity index (χ3v) is 6.66. The molecule has 0 bridgehead atoms. The van der Waals surface area contributed by atoms with Crippen molar-refractivity contribution < 1.29 is 31.1 Å². The molecule has 1 saturated heterocycles. The first-order chi connectivity index (χ1) is 13.9. The van der Waals surface area contributed by atoms with Gasteiger partial charge in [0.05, 0.1) is 0 Å². The van der Waals surface area contributed by atoms with E-state index in [0.717, 1.165) is 10.8 Å². The zero-order chi connectivity index (χ0) is 22.3. The van der Waals surface area contributed by atoms with Crippen molar-refractivity contribution in [1.29, 1.82) is 0 Å². The second kappa shape index (κ2) is 7.84. The number of amides is 1. The Morgan fingerprint density at radius 2 is 2.00 bits per heavy atom. The monoisotopic (exact) mass is 466 g/mol. The van der Waals surface area contributed by atoms with Crippen molar-refractivity contribution in [2.45, 2.75) is 29.5 Å². The highest BCUT2D eigenvalue weighted by atomic mass is 35.5. The summed E-state index contributed by atoms with van der Waals surface area (Å²) in [6.07, 6.45) is -3.71. The minimum Gasteiger partial charge on any atom is -0.381 e. The maximum absolute atomic E-state index is 13.8. The minimum absolute atomic E-state index is 0.000674. The number of nitrogens with one attached hydrogen (secondary N) is 1. The second-order valence-corrected chi connectivity index (χ2v) is 8.90. The van der Waals surface area contributed by atoms with E-state index in [-0.39, 0.29) is 35.2 Å². The van der Waals surface area contributed by atoms with Gasteiger partial charge >= 0.3 is 6.18 Å². The van der Waals surface area contributed by atoms with Crippen LogP contribution in [-0.4, -0.2) is 48.8 Å². The number of halogens is 4. The van der Waals surface area contributed by atoms with Crippen LogP contribution in [0, 0.1) is 0 Å². The van der Waals surface area contributed by atoms with Gasteiger partial charge in [0.15, 0.2) is 0 Å². The summed E-state index contributed by atoms with van der Waals surface area (Å²) in [4.78, 5) is 15.3. The van der Waals surface area contributed by atoms with Crippen molar-refractivity contribution >= 4 is 27.5 Å². The molecule has 0 atom stereocenters. The van der Waals surface area contributed by atoms with E-state index in [2.05, 4.69) is 4.98 Å². The quantitative estimate of drug-likeness (QED) is 0.655. The van der Waals surface area contributed by atoms with Crippen LogP contribution in [0.2, 0.25) is 5.15 Å². The molecular weight excluding hydrogens is 449 g/mol. The minimum atomic E-state index is -4.86. The number of alkyl halides is 3. The number of sulfonamides is 1. The molecule has 3 heterocycles. The number of hydrogen-bond acceptors (Lipinski definition) is 5. The Morgan fingerprint density at radius 1 is 1.37 bits per heavy atom. The lowest BCUT2D eigenvalue weighted by molar-refractivity contribution is -0.210. The van der Waals surface area contributed by atoms with Crippen LogP contribution in [0.4, 0.5) is 13.2 Å². The van der Waals surface area contributed by atoms with Gasteiger partial charge in [-0.1, -0.05) is 11.6 Å². The van der Waals surface area contributed by atoms with Gasteiger partial charge in [-0.2, -0.15) is 17.9 Å². The van der Waals surface area contributed by atoms with Crippen LogP contribution in [0.1, 0.15) is 23.3 Å². The van der Waals surface area contributed by atoms with Gasteiger partial charge in [-0.15, -0.1) is 0 Å². The number of rotatable bonds is 5. The standard InChI is InChI=1S/C17H18ClF3N4O4S/c1-25-9-11(13(14(25)15(22)26)10-2-5-23-12(18)8-10)30(27,28)24-16(17(19,20)21)3-6-29-7-4-16/h2,5,8-9,24H,3-4,6-7H2,1H3,(H2,22,26). The number of nitrogens with zero attached hydrogens (tertiary/aromatic N) is 2. The third kappa shape index (κ3) is 4.04. The van der Waals surface area contributed by atoms with Gasteiger partial charge in [0, 0.05) is 38.2 Å². The Hall–Kier alpha value is -2.15. The van der Waals surface area contributed by atoms with Crippen molar-refractivity contribution in [2.24, 2.45) is 12.8 Å². The molecule has 0 unspecified atom stereocenters. The average molecular weight is 467 g/mol. The molecule has 1 aliphatic heterocycles. The lowest BCUT2D eigenvalue weighted by atomic mass is 9.91. The summed E-state index contributed by atoms with van der Waals surface area (Å²) in [5.74, 6) is -0.960. The summed E-state index contributed by atoms with van der Waals surface area (Å²) < 4.78 is 75.8. The van der Waals surface area contributed by atoms with Crippen LogP contribution in [0.5, 0.6) is 0 Å². The largest absolute Gasteiger partial charge is 0.407 e. The Morgan fingerprint density at radius 3 is 2.53 bits per heavy atom. The summed E-state index contributed by atoms with van der Waals surface area (Å²) >= 11 is 5.88. The molecule has 0 aliphatic carbocycles. The van der Waals surface area contributed by atoms with Gasteiger partial charge in [0.25, 0.3) is 5.91 Å². The molecule has 13 heteroatoms. The van der Waals surface area contributed by atoms with E-state index in [9.17, 15) is 26.4 Å². The fourth-order valence-corrected chi connectivity index (χ4v) is 5.31. The molecule has 8 nitrogen and oxygen atoms in total. The predicted molar refractivity (Wildman–Crippen MR) is 101 cm³/mol. The van der Waals surface area contributed by atoms with Crippen molar-refractivity contribution in [2.75, 3.05) is 13.2 Å². The molecule has 164 valence electrons. The molecule has 0 radical (unpaired) electrons. The van der Waals surface area contributed by atoms with Crippen LogP contribution in [0.15, 0.2) is 29.4 Å². The number of pyridine rings is 1. The van der Waals surface area contributed by atoms with E-state index in [4.69, 9.17) is 22.1 Å². The molecule has 0 saturated carbocycles. The molecule has 2 aromatic rings. The summed E-state index contributed by atoms with van der Waals surface area (Å²) in [6.45, 7) is -0.508. The van der Waals surface area contributed by atoms with Gasteiger partial charge in [0.1, 0.15) is 21.3 Å². The Kier molecular flexibility index (Phi) is 5.89. The van der Waals surface area contributed by atoms with E-state index in [1.807, 2.05) is 4.72 Å². The maximum atomic E-state index is 13.8. The number of aromatic nitrogens is 2. The van der Waals surface area contributed by atoms with E-state index in [1.165, 1.54) is 25.4 Å². The lowest BCUT2D eigenvalue weighted by Gasteiger charge is -2.38. The zero-order valence-corrected chi connectivity index (χ0v) is 17.2. The van der Waals surface area contributed by atoms with E-state index in [1.54, 1.807) is 0 Å². The summed E-state index contributed by atoms with van der Waals surface area (Å²) in [5.41, 5.74) is 2.51. The third-order valence-electron chi connectivity index (χ3n) is 4.90. The van der Waals surface area contributed by atoms with Crippen molar-refractivity contribution in [1.82, 2.24) is 14.3 Å². The molecule has 0 spiro atoms. The van der Waals surface area contributed by atoms with Gasteiger partial charge in [0.2, 0.25) is 10.0 Å². The Balaban J connectivity index is 2.19. The highest BCUT2D eigenvalue weighted by molar-refractivity contribution is 7.89. The van der Waals surface area contributed by atoms with Crippen molar-refractivity contribution in [3.63, 3.8) is 0 Å². The molecule has 3 N–H and O–H groups in total. The second-order valence-electron chi connectivity index (χ2n) is 6.86. The maximum Gasteiger partial charge on any atom is 0.407 e. The number of carbonyl (C=O) groups excluding carboxylic acids is 1. The molecule has 3 rings (SSSR count). The fourth-order valence-electron chi connectivity index (χ4n) is 3.41. The summed E-state index contributed by atoms with van der Waals surface area (Å²) in [6, 6.07) is 2.66. The number of aryl methyl sites for hydroxylation is 1. The zero-order valence-electron chi connectivity index (χ0n) is 15.7. The highest BCUT2D eigenvalue weighted by Crippen LogP contribution is 2.41. The number of ether oxygens (including phenoxy) is 1. The van der Waals surface area contributed by atoms with E-state index < -0.39 is 45.4 Å². The van der Waals surface area contributed by atoms with Crippen molar-refractivity contribution in [3.05, 3.63) is 35.4 Å². The Labute approximate surface area is 175 Å². The topological polar surface area (TPSA) is 116 Å². The van der Waals surface area contributed by atoms with Gasteiger partial charge in [-0.3, -0.25) is 4.79 Å².